The second-order valence-electron chi connectivity index (χ2n) is 6.00. The number of fused-ring (bicyclic) bond motifs is 1. The molecule has 26 heavy (non-hydrogen) atoms. The minimum Gasteiger partial charge on any atom is -0.348 e. The smallest absolute Gasteiger partial charge is 0.251 e. The molecule has 3 heterocycles. The van der Waals surface area contributed by atoms with Crippen molar-refractivity contribution < 1.29 is 4.79 Å². The highest BCUT2D eigenvalue weighted by Crippen LogP contribution is 2.30. The number of nitrogens with one attached hydrogen (secondary N) is 3. The molecule has 0 saturated carbocycles. The second-order valence-corrected chi connectivity index (χ2v) is 7.00. The predicted octanol–water partition coefficient (Wildman–Crippen LogP) is 2.40. The van der Waals surface area contributed by atoms with Gasteiger partial charge >= 0.3 is 0 Å². The molecule has 0 spiro atoms. The number of carbonyl (C=O) groups excluding carboxylic acids is 1. The van der Waals surface area contributed by atoms with Crippen LogP contribution in [-0.4, -0.2) is 35.0 Å². The standard InChI is InChI=1S/C18H16N6OS/c19-9-12-2-1-3-14-16(12)26-18(23-14)24-15-8-11(4-7-21-15)17(25)22-13-5-6-20-10-13/h1-4,7-8,13,20H,5-6,10H2,(H,22,25)(H,21,23,24)/t13-/m0/s1. The van der Waals surface area contributed by atoms with E-state index >= 15 is 0 Å². The number of nitrogens with zero attached hydrogens (tertiary/aromatic N) is 3. The molecule has 0 aliphatic carbocycles. The van der Waals surface area contributed by atoms with Gasteiger partial charge in [-0.05, 0) is 37.2 Å². The number of nitriles is 1. The number of benzene rings is 1. The summed E-state index contributed by atoms with van der Waals surface area (Å²) in [5.41, 5.74) is 1.91. The zero-order chi connectivity index (χ0) is 17.9. The molecule has 1 aromatic carbocycles. The summed E-state index contributed by atoms with van der Waals surface area (Å²) >= 11 is 1.39. The monoisotopic (exact) mass is 364 g/mol. The van der Waals surface area contributed by atoms with Gasteiger partial charge in [-0.2, -0.15) is 5.26 Å². The summed E-state index contributed by atoms with van der Waals surface area (Å²) < 4.78 is 0.833. The number of aromatic nitrogens is 2. The zero-order valence-electron chi connectivity index (χ0n) is 13.8. The van der Waals surface area contributed by atoms with Crippen LogP contribution in [0.25, 0.3) is 10.2 Å². The first kappa shape index (κ1) is 16.4. The first-order chi connectivity index (χ1) is 12.7. The Kier molecular flexibility index (Phi) is 4.48. The molecule has 2 aromatic heterocycles. The lowest BCUT2D eigenvalue weighted by Gasteiger charge is -2.11. The minimum absolute atomic E-state index is 0.111. The Labute approximate surface area is 154 Å². The Morgan fingerprint density at radius 2 is 2.31 bits per heavy atom. The molecule has 0 unspecified atom stereocenters. The second kappa shape index (κ2) is 7.07. The van der Waals surface area contributed by atoms with Crippen molar-refractivity contribution in [2.75, 3.05) is 18.4 Å². The minimum atomic E-state index is -0.111. The third-order valence-corrected chi connectivity index (χ3v) is 5.21. The number of pyridine rings is 1. The van der Waals surface area contributed by atoms with Gasteiger partial charge in [0.25, 0.3) is 5.91 Å². The molecular formula is C18H16N6OS. The Morgan fingerprint density at radius 3 is 3.12 bits per heavy atom. The Bertz CT molecular complexity index is 1000. The van der Waals surface area contributed by atoms with Gasteiger partial charge in [-0.15, -0.1) is 0 Å². The molecule has 0 radical (unpaired) electrons. The quantitative estimate of drug-likeness (QED) is 0.657. The molecule has 1 atom stereocenters. The summed E-state index contributed by atoms with van der Waals surface area (Å²) in [5.74, 6) is 0.431. The fourth-order valence-electron chi connectivity index (χ4n) is 2.89. The number of thiazole rings is 1. The number of rotatable bonds is 4. The number of hydrogen-bond donors (Lipinski definition) is 3. The van der Waals surface area contributed by atoms with Crippen LogP contribution in [0.4, 0.5) is 10.9 Å². The van der Waals surface area contributed by atoms with Crippen molar-refractivity contribution >= 4 is 38.4 Å². The van der Waals surface area contributed by atoms with Crippen molar-refractivity contribution in [3.63, 3.8) is 0 Å². The van der Waals surface area contributed by atoms with Gasteiger partial charge in [0.05, 0.1) is 15.8 Å². The molecular weight excluding hydrogens is 348 g/mol. The zero-order valence-corrected chi connectivity index (χ0v) is 14.6. The molecule has 4 rings (SSSR count). The third-order valence-electron chi connectivity index (χ3n) is 4.19. The fourth-order valence-corrected chi connectivity index (χ4v) is 3.82. The van der Waals surface area contributed by atoms with E-state index in [1.165, 1.54) is 11.3 Å². The Balaban J connectivity index is 1.53. The van der Waals surface area contributed by atoms with Crippen molar-refractivity contribution in [1.82, 2.24) is 20.6 Å². The summed E-state index contributed by atoms with van der Waals surface area (Å²) in [7, 11) is 0. The highest BCUT2D eigenvalue weighted by Gasteiger charge is 2.18. The van der Waals surface area contributed by atoms with E-state index in [1.54, 1.807) is 24.4 Å². The molecule has 1 fully saturated rings. The number of hydrogen-bond acceptors (Lipinski definition) is 7. The molecule has 7 nitrogen and oxygen atoms in total. The lowest BCUT2D eigenvalue weighted by molar-refractivity contribution is 0.0940. The van der Waals surface area contributed by atoms with Crippen molar-refractivity contribution in [2.45, 2.75) is 12.5 Å². The van der Waals surface area contributed by atoms with E-state index in [4.69, 9.17) is 0 Å². The first-order valence-electron chi connectivity index (χ1n) is 8.27. The fraction of sp³-hybridized carbons (Fsp3) is 0.222. The van der Waals surface area contributed by atoms with E-state index < -0.39 is 0 Å². The van der Waals surface area contributed by atoms with E-state index in [2.05, 4.69) is 32.0 Å². The SMILES string of the molecule is N#Cc1cccc2nc(Nc3cc(C(=O)N[C@H]4CCNC4)ccn3)sc12. The van der Waals surface area contributed by atoms with Crippen LogP contribution in [0.2, 0.25) is 0 Å². The van der Waals surface area contributed by atoms with E-state index in [9.17, 15) is 10.1 Å². The van der Waals surface area contributed by atoms with Crippen LogP contribution in [0.5, 0.6) is 0 Å². The maximum Gasteiger partial charge on any atom is 0.251 e. The topological polar surface area (TPSA) is 103 Å². The van der Waals surface area contributed by atoms with E-state index in [0.29, 0.717) is 22.1 Å². The van der Waals surface area contributed by atoms with Crippen molar-refractivity contribution in [2.24, 2.45) is 0 Å². The first-order valence-corrected chi connectivity index (χ1v) is 9.09. The molecule has 3 N–H and O–H groups in total. The lowest BCUT2D eigenvalue weighted by Crippen LogP contribution is -2.36. The van der Waals surface area contributed by atoms with Gasteiger partial charge in [0, 0.05) is 24.3 Å². The molecule has 1 aliphatic heterocycles. The van der Waals surface area contributed by atoms with Crippen molar-refractivity contribution in [1.29, 1.82) is 5.26 Å². The molecule has 8 heteroatoms. The number of anilines is 2. The predicted molar refractivity (Wildman–Crippen MR) is 101 cm³/mol. The number of amides is 1. The van der Waals surface area contributed by atoms with Crippen LogP contribution < -0.4 is 16.0 Å². The van der Waals surface area contributed by atoms with Crippen LogP contribution in [0.1, 0.15) is 22.3 Å². The van der Waals surface area contributed by atoms with Gasteiger partial charge in [0.2, 0.25) is 0 Å². The summed E-state index contributed by atoms with van der Waals surface area (Å²) in [5, 5.41) is 19.2. The van der Waals surface area contributed by atoms with Gasteiger partial charge in [0.15, 0.2) is 5.13 Å². The highest BCUT2D eigenvalue weighted by atomic mass is 32.1. The Hall–Kier alpha value is -3.02. The average Bonchev–Trinajstić information content (AvgIpc) is 3.30. The molecule has 1 saturated heterocycles. The van der Waals surface area contributed by atoms with Crippen LogP contribution in [-0.2, 0) is 0 Å². The summed E-state index contributed by atoms with van der Waals surface area (Å²) in [4.78, 5) is 21.1. The molecule has 3 aromatic rings. The van der Waals surface area contributed by atoms with Crippen molar-refractivity contribution in [3.8, 4) is 6.07 Å². The van der Waals surface area contributed by atoms with E-state index in [0.717, 1.165) is 29.7 Å². The molecule has 1 amide bonds. The van der Waals surface area contributed by atoms with E-state index in [1.807, 2.05) is 12.1 Å². The Morgan fingerprint density at radius 1 is 1.38 bits per heavy atom. The molecule has 1 aliphatic rings. The van der Waals surface area contributed by atoms with E-state index in [-0.39, 0.29) is 11.9 Å². The molecule has 0 bridgehead atoms. The van der Waals surface area contributed by atoms with Gasteiger partial charge in [0.1, 0.15) is 11.9 Å². The third kappa shape index (κ3) is 3.35. The summed E-state index contributed by atoms with van der Waals surface area (Å²) in [6.45, 7) is 1.73. The molecule has 130 valence electrons. The van der Waals surface area contributed by atoms with Crippen LogP contribution in [0, 0.1) is 11.3 Å². The van der Waals surface area contributed by atoms with Crippen LogP contribution >= 0.6 is 11.3 Å². The lowest BCUT2D eigenvalue weighted by atomic mass is 10.2. The normalized spacial score (nSPS) is 16.3. The van der Waals surface area contributed by atoms with Crippen LogP contribution in [0.15, 0.2) is 36.5 Å². The maximum atomic E-state index is 12.4. The maximum absolute atomic E-state index is 12.4. The highest BCUT2D eigenvalue weighted by molar-refractivity contribution is 7.22. The largest absolute Gasteiger partial charge is 0.348 e. The summed E-state index contributed by atoms with van der Waals surface area (Å²) in [6, 6.07) is 11.2. The van der Waals surface area contributed by atoms with Gasteiger partial charge in [-0.1, -0.05) is 17.4 Å². The average molecular weight is 364 g/mol. The van der Waals surface area contributed by atoms with Crippen molar-refractivity contribution in [3.05, 3.63) is 47.7 Å². The van der Waals surface area contributed by atoms with Gasteiger partial charge in [-0.25, -0.2) is 9.97 Å². The summed E-state index contributed by atoms with van der Waals surface area (Å²) in [6.07, 6.45) is 2.53. The van der Waals surface area contributed by atoms with Gasteiger partial charge < -0.3 is 16.0 Å². The van der Waals surface area contributed by atoms with Gasteiger partial charge in [-0.3, -0.25) is 4.79 Å². The number of carbonyl (C=O) groups is 1. The van der Waals surface area contributed by atoms with Crippen LogP contribution in [0.3, 0.4) is 0 Å².